The van der Waals surface area contributed by atoms with Crippen LogP contribution in [0.4, 0.5) is 32.0 Å². The predicted molar refractivity (Wildman–Crippen MR) is 136 cm³/mol. The number of hydrogen-bond donors (Lipinski definition) is 0. The summed E-state index contributed by atoms with van der Waals surface area (Å²) in [4.78, 5) is 9.26. The van der Waals surface area contributed by atoms with Crippen molar-refractivity contribution in [2.75, 3.05) is 18.0 Å². The Bertz CT molecular complexity index is 1650. The lowest BCUT2D eigenvalue weighted by atomic mass is 9.91. The van der Waals surface area contributed by atoms with Crippen LogP contribution in [0, 0.1) is 11.3 Å². The van der Waals surface area contributed by atoms with Crippen LogP contribution in [0.3, 0.4) is 0 Å². The van der Waals surface area contributed by atoms with E-state index < -0.39 is 46.5 Å². The Morgan fingerprint density at radius 3 is 2.29 bits per heavy atom. The highest BCUT2D eigenvalue weighted by Crippen LogP contribution is 2.44. The van der Waals surface area contributed by atoms with Crippen LogP contribution in [0.25, 0.3) is 22.3 Å². The topological polar surface area (TPSA) is 101 Å². The number of fused-ring (bicyclic) bond motifs is 1. The molecule has 0 radical (unpaired) electrons. The molecule has 0 bridgehead atoms. The van der Waals surface area contributed by atoms with Gasteiger partial charge in [0.15, 0.2) is 17.1 Å². The van der Waals surface area contributed by atoms with Crippen LogP contribution in [-0.2, 0) is 24.4 Å². The summed E-state index contributed by atoms with van der Waals surface area (Å²) in [5.74, 6) is 0.0916. The molecule has 15 heteroatoms. The second-order valence-electron chi connectivity index (χ2n) is 11.0. The molecule has 4 aromatic rings. The van der Waals surface area contributed by atoms with E-state index in [1.165, 1.54) is 26.5 Å². The SMILES string of the molecule is Cn1cnnc1C1(F)CCN(c2c(C#N)cc(C(F)(F)F)nc2-c2cc3cn(C(C)(C)C)nc3nc2C(F)F)CC1. The highest BCUT2D eigenvalue weighted by molar-refractivity contribution is 5.87. The molecule has 4 aromatic heterocycles. The second kappa shape index (κ2) is 9.71. The zero-order valence-corrected chi connectivity index (χ0v) is 22.5. The Labute approximate surface area is 230 Å². The average molecular weight is 578 g/mol. The molecule has 0 aliphatic carbocycles. The van der Waals surface area contributed by atoms with Gasteiger partial charge in [-0.3, -0.25) is 4.68 Å². The summed E-state index contributed by atoms with van der Waals surface area (Å²) < 4.78 is 89.2. The number of anilines is 1. The minimum Gasteiger partial charge on any atom is -0.368 e. The molecule has 1 aliphatic heterocycles. The van der Waals surface area contributed by atoms with Crippen molar-refractivity contribution in [2.24, 2.45) is 7.05 Å². The predicted octanol–water partition coefficient (Wildman–Crippen LogP) is 5.67. The maximum absolute atomic E-state index is 15.9. The summed E-state index contributed by atoms with van der Waals surface area (Å²) in [6.45, 7) is 5.39. The van der Waals surface area contributed by atoms with Crippen LogP contribution in [0.15, 0.2) is 24.7 Å². The smallest absolute Gasteiger partial charge is 0.368 e. The Morgan fingerprint density at radius 1 is 1.07 bits per heavy atom. The zero-order chi connectivity index (χ0) is 29.9. The van der Waals surface area contributed by atoms with Gasteiger partial charge in [-0.25, -0.2) is 23.1 Å². The average Bonchev–Trinajstić information content (AvgIpc) is 3.53. The molecule has 0 spiro atoms. The largest absolute Gasteiger partial charge is 0.433 e. The fourth-order valence-electron chi connectivity index (χ4n) is 4.94. The molecule has 5 rings (SSSR count). The lowest BCUT2D eigenvalue weighted by Crippen LogP contribution is -2.42. The Hall–Kier alpha value is -4.22. The summed E-state index contributed by atoms with van der Waals surface area (Å²) in [7, 11) is 1.59. The third kappa shape index (κ3) is 5.07. The molecule has 41 heavy (non-hydrogen) atoms. The maximum Gasteiger partial charge on any atom is 0.433 e. The molecule has 0 saturated carbocycles. The van der Waals surface area contributed by atoms with E-state index in [4.69, 9.17) is 0 Å². The van der Waals surface area contributed by atoms with Crippen molar-refractivity contribution in [3.63, 3.8) is 0 Å². The number of nitrogens with zero attached hydrogens (tertiary/aromatic N) is 9. The number of aryl methyl sites for hydroxylation is 1. The summed E-state index contributed by atoms with van der Waals surface area (Å²) in [6, 6.07) is 3.59. The van der Waals surface area contributed by atoms with E-state index in [-0.39, 0.29) is 48.7 Å². The van der Waals surface area contributed by atoms with Crippen molar-refractivity contribution in [3.05, 3.63) is 47.4 Å². The quantitative estimate of drug-likeness (QED) is 0.288. The summed E-state index contributed by atoms with van der Waals surface area (Å²) in [5, 5.41) is 22.0. The van der Waals surface area contributed by atoms with E-state index in [0.29, 0.717) is 11.5 Å². The van der Waals surface area contributed by atoms with Crippen LogP contribution < -0.4 is 4.90 Å². The summed E-state index contributed by atoms with van der Waals surface area (Å²) >= 11 is 0. The van der Waals surface area contributed by atoms with E-state index in [2.05, 4.69) is 25.3 Å². The lowest BCUT2D eigenvalue weighted by molar-refractivity contribution is -0.141. The molecule has 0 unspecified atom stereocenters. The first kappa shape index (κ1) is 28.3. The van der Waals surface area contributed by atoms with E-state index >= 15 is 4.39 Å². The maximum atomic E-state index is 15.9. The minimum absolute atomic E-state index is 0.0168. The first-order valence-electron chi connectivity index (χ1n) is 12.6. The molecule has 9 nitrogen and oxygen atoms in total. The summed E-state index contributed by atoms with van der Waals surface area (Å²) in [6.07, 6.45) is -5.53. The standard InChI is InChI=1S/C26H25F6N9/c1-24(2,3)41-12-15-9-16(19(21(27)28)36-22(15)38-41)18-20(14(11-33)10-17(35-18)26(30,31)32)40-7-5-25(29,6-8-40)23-37-34-13-39(23)4/h9-10,12-13,21H,5-8H2,1-4H3. The fraction of sp³-hybridized carbons (Fsp3) is 0.462. The van der Waals surface area contributed by atoms with Crippen molar-refractivity contribution in [2.45, 2.75) is 57.4 Å². The van der Waals surface area contributed by atoms with Gasteiger partial charge in [0.05, 0.1) is 22.5 Å². The van der Waals surface area contributed by atoms with Gasteiger partial charge in [-0.15, -0.1) is 10.2 Å². The third-order valence-electron chi connectivity index (χ3n) is 7.06. The van der Waals surface area contributed by atoms with Gasteiger partial charge in [0.1, 0.15) is 23.8 Å². The number of alkyl halides is 6. The molecule has 5 heterocycles. The van der Waals surface area contributed by atoms with Crippen molar-refractivity contribution in [1.29, 1.82) is 5.26 Å². The molecule has 0 aromatic carbocycles. The van der Waals surface area contributed by atoms with Crippen molar-refractivity contribution in [1.82, 2.24) is 34.5 Å². The number of halogens is 6. The number of piperidine rings is 1. The molecule has 1 fully saturated rings. The van der Waals surface area contributed by atoms with Gasteiger partial charge < -0.3 is 9.47 Å². The van der Waals surface area contributed by atoms with E-state index in [0.717, 1.165) is 0 Å². The van der Waals surface area contributed by atoms with Crippen LogP contribution in [0.2, 0.25) is 0 Å². The molecule has 0 N–H and O–H groups in total. The highest BCUT2D eigenvalue weighted by Gasteiger charge is 2.42. The molecular formula is C26H25F6N9. The lowest BCUT2D eigenvalue weighted by Gasteiger charge is -2.38. The number of pyridine rings is 2. The first-order valence-corrected chi connectivity index (χ1v) is 12.6. The third-order valence-corrected chi connectivity index (χ3v) is 7.06. The van der Waals surface area contributed by atoms with Crippen molar-refractivity contribution >= 4 is 16.7 Å². The number of rotatable bonds is 4. The molecular weight excluding hydrogens is 552 g/mol. The molecule has 0 amide bonds. The normalized spacial score (nSPS) is 16.0. The highest BCUT2D eigenvalue weighted by atomic mass is 19.4. The Morgan fingerprint density at radius 2 is 1.76 bits per heavy atom. The van der Waals surface area contributed by atoms with Crippen LogP contribution in [0.1, 0.15) is 62.8 Å². The molecule has 1 saturated heterocycles. The van der Waals surface area contributed by atoms with Gasteiger partial charge in [0.25, 0.3) is 6.43 Å². The second-order valence-corrected chi connectivity index (χ2v) is 11.0. The summed E-state index contributed by atoms with van der Waals surface area (Å²) in [5.41, 5.74) is -6.09. The zero-order valence-electron chi connectivity index (χ0n) is 22.5. The first-order chi connectivity index (χ1) is 19.1. The van der Waals surface area contributed by atoms with E-state index in [9.17, 15) is 27.2 Å². The van der Waals surface area contributed by atoms with Gasteiger partial charge in [0, 0.05) is 50.1 Å². The number of nitriles is 1. The number of hydrogen-bond acceptors (Lipinski definition) is 7. The van der Waals surface area contributed by atoms with Gasteiger partial charge in [0.2, 0.25) is 0 Å². The van der Waals surface area contributed by atoms with Gasteiger partial charge in [-0.2, -0.15) is 23.5 Å². The Balaban J connectivity index is 1.70. The minimum atomic E-state index is -4.97. The van der Waals surface area contributed by atoms with Crippen molar-refractivity contribution < 1.29 is 26.3 Å². The number of aromatic nitrogens is 7. The Kier molecular flexibility index (Phi) is 6.70. The van der Waals surface area contributed by atoms with E-state index in [1.807, 2.05) is 20.8 Å². The van der Waals surface area contributed by atoms with Gasteiger partial charge >= 0.3 is 6.18 Å². The van der Waals surface area contributed by atoms with Crippen LogP contribution in [-0.4, -0.2) is 47.6 Å². The molecule has 1 aliphatic rings. The molecule has 0 atom stereocenters. The monoisotopic (exact) mass is 577 g/mol. The van der Waals surface area contributed by atoms with E-state index in [1.54, 1.807) is 19.3 Å². The van der Waals surface area contributed by atoms with Gasteiger partial charge in [-0.1, -0.05) is 0 Å². The van der Waals surface area contributed by atoms with Crippen LogP contribution in [0.5, 0.6) is 0 Å². The van der Waals surface area contributed by atoms with Crippen LogP contribution >= 0.6 is 0 Å². The van der Waals surface area contributed by atoms with Gasteiger partial charge in [-0.05, 0) is 32.9 Å². The van der Waals surface area contributed by atoms with Crippen molar-refractivity contribution in [3.8, 4) is 17.3 Å². The molecule has 216 valence electrons. The fourth-order valence-corrected chi connectivity index (χ4v) is 4.94.